The van der Waals surface area contributed by atoms with Crippen molar-refractivity contribution in [1.29, 1.82) is 5.26 Å². The maximum Gasteiger partial charge on any atom is 0.342 e. The molecule has 0 fully saturated rings. The quantitative estimate of drug-likeness (QED) is 0.563. The predicted molar refractivity (Wildman–Crippen MR) is 124 cm³/mol. The van der Waals surface area contributed by atoms with Crippen LogP contribution in [0.4, 0.5) is 10.5 Å². The third-order valence-electron chi connectivity index (χ3n) is 5.24. The lowest BCUT2D eigenvalue weighted by atomic mass is 9.93. The Kier molecular flexibility index (Phi) is 7.85. The summed E-state index contributed by atoms with van der Waals surface area (Å²) in [5, 5.41) is 18.3. The number of nitrogens with one attached hydrogen (secondary N) is 1. The number of carbonyl (C=O) groups is 2. The smallest absolute Gasteiger partial charge is 0.342 e. The van der Waals surface area contributed by atoms with Gasteiger partial charge < -0.3 is 10.1 Å². The molecule has 166 valence electrons. The van der Waals surface area contributed by atoms with Gasteiger partial charge >= 0.3 is 12.0 Å². The number of urea groups is 1. The van der Waals surface area contributed by atoms with E-state index in [1.165, 1.54) is 5.01 Å². The number of nitriles is 1. The van der Waals surface area contributed by atoms with E-state index < -0.39 is 5.97 Å². The Morgan fingerprint density at radius 3 is 2.56 bits per heavy atom. The van der Waals surface area contributed by atoms with Crippen molar-refractivity contribution in [3.8, 4) is 6.07 Å². The number of hydrazone groups is 1. The first-order chi connectivity index (χ1) is 15.4. The van der Waals surface area contributed by atoms with Crippen LogP contribution >= 0.6 is 11.6 Å². The predicted octanol–water partition coefficient (Wildman–Crippen LogP) is 5.47. The van der Waals surface area contributed by atoms with E-state index in [2.05, 4.69) is 16.5 Å². The molecule has 0 saturated carbocycles. The largest absolute Gasteiger partial charge is 0.459 e. The van der Waals surface area contributed by atoms with Crippen molar-refractivity contribution in [3.05, 3.63) is 64.7 Å². The van der Waals surface area contributed by atoms with E-state index in [0.717, 1.165) is 17.7 Å². The van der Waals surface area contributed by atoms with Gasteiger partial charge in [0.25, 0.3) is 0 Å². The zero-order valence-corrected chi connectivity index (χ0v) is 18.8. The van der Waals surface area contributed by atoms with Gasteiger partial charge in [0.1, 0.15) is 0 Å². The Balaban J connectivity index is 1.69. The molecule has 0 radical (unpaired) electrons. The standard InChI is InChI=1S/C24H25ClN4O3/c1-3-16(2)32-23(30)18-8-12-21(13-9-18)27-24(31)29-15-19(5-4-14-26)22(28-29)17-6-10-20(25)11-7-17/h6-13,16,19H,3-5,15H2,1-2H3,(H,27,31). The highest BCUT2D eigenvalue weighted by Gasteiger charge is 2.31. The third-order valence-corrected chi connectivity index (χ3v) is 5.49. The average Bonchev–Trinajstić information content (AvgIpc) is 3.22. The van der Waals surface area contributed by atoms with Crippen molar-refractivity contribution >= 4 is 35.0 Å². The van der Waals surface area contributed by atoms with Crippen LogP contribution in [0.3, 0.4) is 0 Å². The summed E-state index contributed by atoms with van der Waals surface area (Å²) in [5.41, 5.74) is 2.59. The molecule has 2 aromatic carbocycles. The van der Waals surface area contributed by atoms with Crippen molar-refractivity contribution in [1.82, 2.24) is 5.01 Å². The molecule has 2 atom stereocenters. The number of rotatable bonds is 7. The van der Waals surface area contributed by atoms with Gasteiger partial charge in [-0.05, 0) is 61.7 Å². The zero-order valence-electron chi connectivity index (χ0n) is 18.0. The second-order valence-electron chi connectivity index (χ2n) is 7.60. The topological polar surface area (TPSA) is 94.8 Å². The molecule has 8 heteroatoms. The van der Waals surface area contributed by atoms with E-state index in [1.807, 2.05) is 26.0 Å². The minimum Gasteiger partial charge on any atom is -0.459 e. The van der Waals surface area contributed by atoms with Crippen LogP contribution in [0.15, 0.2) is 53.6 Å². The molecule has 32 heavy (non-hydrogen) atoms. The highest BCUT2D eigenvalue weighted by atomic mass is 35.5. The Morgan fingerprint density at radius 1 is 1.25 bits per heavy atom. The Bertz CT molecular complexity index is 1030. The molecule has 0 aromatic heterocycles. The van der Waals surface area contributed by atoms with Gasteiger partial charge in [0, 0.05) is 23.0 Å². The molecular weight excluding hydrogens is 428 g/mol. The second kappa shape index (κ2) is 10.8. The number of ether oxygens (including phenoxy) is 1. The van der Waals surface area contributed by atoms with Crippen LogP contribution in [-0.2, 0) is 4.74 Å². The summed E-state index contributed by atoms with van der Waals surface area (Å²) in [6.45, 7) is 4.16. The summed E-state index contributed by atoms with van der Waals surface area (Å²) >= 11 is 5.98. The van der Waals surface area contributed by atoms with Crippen LogP contribution in [0.25, 0.3) is 0 Å². The fraction of sp³-hybridized carbons (Fsp3) is 0.333. The van der Waals surface area contributed by atoms with E-state index in [0.29, 0.717) is 35.7 Å². The van der Waals surface area contributed by atoms with Crippen LogP contribution in [0.1, 0.15) is 49.0 Å². The minimum absolute atomic E-state index is 0.0423. The lowest BCUT2D eigenvalue weighted by Gasteiger charge is -2.15. The molecular formula is C24H25ClN4O3. The van der Waals surface area contributed by atoms with Crippen molar-refractivity contribution < 1.29 is 14.3 Å². The Hall–Kier alpha value is -3.37. The van der Waals surface area contributed by atoms with E-state index in [9.17, 15) is 9.59 Å². The maximum atomic E-state index is 12.8. The number of nitrogens with zero attached hydrogens (tertiary/aromatic N) is 3. The molecule has 1 heterocycles. The number of esters is 1. The summed E-state index contributed by atoms with van der Waals surface area (Å²) in [4.78, 5) is 24.9. The van der Waals surface area contributed by atoms with Crippen molar-refractivity contribution in [2.45, 2.75) is 39.2 Å². The van der Waals surface area contributed by atoms with Gasteiger partial charge in [-0.15, -0.1) is 0 Å². The molecule has 7 nitrogen and oxygen atoms in total. The number of carbonyl (C=O) groups excluding carboxylic acids is 2. The van der Waals surface area contributed by atoms with Gasteiger partial charge in [0.05, 0.1) is 30.0 Å². The lowest BCUT2D eigenvalue weighted by molar-refractivity contribution is 0.0334. The molecule has 2 unspecified atom stereocenters. The van der Waals surface area contributed by atoms with Gasteiger partial charge in [-0.25, -0.2) is 14.6 Å². The monoisotopic (exact) mass is 452 g/mol. The SMILES string of the molecule is CCC(C)OC(=O)c1ccc(NC(=O)N2CC(CCC#N)C(c3ccc(Cl)cc3)=N2)cc1. The summed E-state index contributed by atoms with van der Waals surface area (Å²) in [7, 11) is 0. The number of halogens is 1. The number of anilines is 1. The van der Waals surface area contributed by atoms with Gasteiger partial charge in [-0.2, -0.15) is 10.4 Å². The van der Waals surface area contributed by atoms with Crippen LogP contribution in [0.2, 0.25) is 5.02 Å². The Labute approximate surface area is 192 Å². The number of benzene rings is 2. The number of hydrogen-bond donors (Lipinski definition) is 1. The van der Waals surface area contributed by atoms with E-state index in [-0.39, 0.29) is 18.1 Å². The van der Waals surface area contributed by atoms with Crippen molar-refractivity contribution in [3.63, 3.8) is 0 Å². The van der Waals surface area contributed by atoms with Crippen LogP contribution in [0.5, 0.6) is 0 Å². The molecule has 2 aromatic rings. The molecule has 0 spiro atoms. The van der Waals surface area contributed by atoms with Gasteiger partial charge in [-0.3, -0.25) is 0 Å². The molecule has 0 bridgehead atoms. The molecule has 0 saturated heterocycles. The van der Waals surface area contributed by atoms with E-state index in [1.54, 1.807) is 36.4 Å². The summed E-state index contributed by atoms with van der Waals surface area (Å²) in [6.07, 6.45) is 1.57. The fourth-order valence-corrected chi connectivity index (χ4v) is 3.39. The summed E-state index contributed by atoms with van der Waals surface area (Å²) in [6, 6.07) is 15.6. The molecule has 1 aliphatic heterocycles. The van der Waals surface area contributed by atoms with E-state index >= 15 is 0 Å². The second-order valence-corrected chi connectivity index (χ2v) is 8.04. The first-order valence-electron chi connectivity index (χ1n) is 10.5. The molecule has 2 amide bonds. The first kappa shape index (κ1) is 23.3. The summed E-state index contributed by atoms with van der Waals surface area (Å²) in [5.74, 6) is -0.436. The molecule has 1 aliphatic rings. The normalized spacial score (nSPS) is 16.1. The van der Waals surface area contributed by atoms with Gasteiger partial charge in [-0.1, -0.05) is 30.7 Å². The van der Waals surface area contributed by atoms with E-state index in [4.69, 9.17) is 21.6 Å². The third kappa shape index (κ3) is 5.86. The molecule has 0 aliphatic carbocycles. The first-order valence-corrected chi connectivity index (χ1v) is 10.9. The van der Waals surface area contributed by atoms with Crippen LogP contribution < -0.4 is 5.32 Å². The van der Waals surface area contributed by atoms with Gasteiger partial charge in [0.15, 0.2) is 0 Å². The highest BCUT2D eigenvalue weighted by Crippen LogP contribution is 2.25. The zero-order chi connectivity index (χ0) is 23.1. The molecule has 3 rings (SSSR count). The molecule has 1 N–H and O–H groups in total. The highest BCUT2D eigenvalue weighted by molar-refractivity contribution is 6.30. The van der Waals surface area contributed by atoms with Crippen LogP contribution in [-0.4, -0.2) is 35.4 Å². The average molecular weight is 453 g/mol. The van der Waals surface area contributed by atoms with Crippen LogP contribution in [0, 0.1) is 17.2 Å². The number of hydrogen-bond acceptors (Lipinski definition) is 5. The fourth-order valence-electron chi connectivity index (χ4n) is 3.27. The summed E-state index contributed by atoms with van der Waals surface area (Å²) < 4.78 is 5.31. The lowest BCUT2D eigenvalue weighted by Crippen LogP contribution is -2.30. The maximum absolute atomic E-state index is 12.8. The van der Waals surface area contributed by atoms with Gasteiger partial charge in [0.2, 0.25) is 0 Å². The van der Waals surface area contributed by atoms with Crippen molar-refractivity contribution in [2.24, 2.45) is 11.0 Å². The van der Waals surface area contributed by atoms with Crippen molar-refractivity contribution in [2.75, 3.05) is 11.9 Å². The Morgan fingerprint density at radius 2 is 1.94 bits per heavy atom. The minimum atomic E-state index is -0.394. The number of amides is 2.